The van der Waals surface area contributed by atoms with Crippen LogP contribution in [0.15, 0.2) is 46.8 Å². The highest BCUT2D eigenvalue weighted by molar-refractivity contribution is 14.0. The Morgan fingerprint density at radius 3 is 2.58 bits per heavy atom. The van der Waals surface area contributed by atoms with E-state index in [1.54, 1.807) is 7.11 Å². The Kier molecular flexibility index (Phi) is 10.7. The Labute approximate surface area is 178 Å². The molecule has 0 saturated carbocycles. The minimum Gasteiger partial charge on any atom is -0.497 e. The molecular weight excluding hydrogens is 457 g/mol. The second-order valence-electron chi connectivity index (χ2n) is 6.19. The lowest BCUT2D eigenvalue weighted by atomic mass is 9.98. The Morgan fingerprint density at radius 2 is 2.00 bits per heavy atom. The highest BCUT2D eigenvalue weighted by Crippen LogP contribution is 2.21. The summed E-state index contributed by atoms with van der Waals surface area (Å²) in [6.45, 7) is 4.13. The molecule has 0 spiro atoms. The van der Waals surface area contributed by atoms with E-state index in [4.69, 9.17) is 4.74 Å². The Bertz CT molecular complexity index is 644. The van der Waals surface area contributed by atoms with Gasteiger partial charge in [-0.1, -0.05) is 25.1 Å². The average Bonchev–Trinajstić information content (AvgIpc) is 3.16. The van der Waals surface area contributed by atoms with E-state index in [0.717, 1.165) is 37.6 Å². The molecule has 0 saturated heterocycles. The van der Waals surface area contributed by atoms with Crippen molar-refractivity contribution in [3.63, 3.8) is 0 Å². The molecular formula is C20H30IN3OS. The van der Waals surface area contributed by atoms with Crippen molar-refractivity contribution in [2.45, 2.75) is 25.7 Å². The zero-order valence-corrected chi connectivity index (χ0v) is 19.2. The number of aliphatic imine (C=N–C) groups is 1. The number of thiophene rings is 1. The number of methoxy groups -OCH3 is 1. The Balaban J connectivity index is 0.00000338. The van der Waals surface area contributed by atoms with Crippen molar-refractivity contribution in [3.8, 4) is 5.75 Å². The van der Waals surface area contributed by atoms with Gasteiger partial charge in [0, 0.05) is 32.1 Å². The molecule has 0 aliphatic rings. The highest BCUT2D eigenvalue weighted by atomic mass is 127. The fourth-order valence-electron chi connectivity index (χ4n) is 2.72. The number of nitrogens with one attached hydrogen (secondary N) is 1. The zero-order valence-electron chi connectivity index (χ0n) is 16.1. The van der Waals surface area contributed by atoms with E-state index in [2.05, 4.69) is 58.8 Å². The molecule has 2 rings (SSSR count). The number of benzene rings is 1. The third-order valence-electron chi connectivity index (χ3n) is 4.39. The first-order valence-corrected chi connectivity index (χ1v) is 9.60. The van der Waals surface area contributed by atoms with E-state index in [0.29, 0.717) is 5.92 Å². The number of nitrogens with zero attached hydrogens (tertiary/aromatic N) is 2. The van der Waals surface area contributed by atoms with Crippen LogP contribution in [0.4, 0.5) is 0 Å². The zero-order chi connectivity index (χ0) is 18.1. The summed E-state index contributed by atoms with van der Waals surface area (Å²) in [4.78, 5) is 8.00. The van der Waals surface area contributed by atoms with Gasteiger partial charge in [-0.15, -0.1) is 35.3 Å². The van der Waals surface area contributed by atoms with Crippen LogP contribution < -0.4 is 10.1 Å². The smallest absolute Gasteiger partial charge is 0.193 e. The number of hydrogen-bond donors (Lipinski definition) is 1. The molecule has 4 nitrogen and oxygen atoms in total. The fourth-order valence-corrected chi connectivity index (χ4v) is 3.42. The fraction of sp³-hybridized carbons (Fsp3) is 0.450. The number of ether oxygens (including phenoxy) is 1. The van der Waals surface area contributed by atoms with E-state index in [9.17, 15) is 0 Å². The minimum absolute atomic E-state index is 0. The quantitative estimate of drug-likeness (QED) is 0.336. The monoisotopic (exact) mass is 487 g/mol. The molecule has 0 amide bonds. The van der Waals surface area contributed by atoms with Crippen molar-refractivity contribution >= 4 is 41.3 Å². The van der Waals surface area contributed by atoms with E-state index in [1.807, 2.05) is 30.5 Å². The second kappa shape index (κ2) is 12.2. The summed E-state index contributed by atoms with van der Waals surface area (Å²) in [6.07, 6.45) is 2.11. The first-order valence-electron chi connectivity index (χ1n) is 8.72. The summed E-state index contributed by atoms with van der Waals surface area (Å²) < 4.78 is 5.22. The summed E-state index contributed by atoms with van der Waals surface area (Å²) in [5.41, 5.74) is 1.34. The van der Waals surface area contributed by atoms with Crippen LogP contribution >= 0.6 is 35.3 Å². The van der Waals surface area contributed by atoms with Gasteiger partial charge in [0.15, 0.2) is 5.96 Å². The van der Waals surface area contributed by atoms with Crippen molar-refractivity contribution in [1.82, 2.24) is 10.2 Å². The van der Waals surface area contributed by atoms with Crippen molar-refractivity contribution < 1.29 is 4.74 Å². The maximum Gasteiger partial charge on any atom is 0.193 e. The lowest BCUT2D eigenvalue weighted by molar-refractivity contribution is 0.414. The lowest BCUT2D eigenvalue weighted by Gasteiger charge is -2.22. The number of hydrogen-bond acceptors (Lipinski definition) is 3. The van der Waals surface area contributed by atoms with Gasteiger partial charge in [0.2, 0.25) is 0 Å². The molecule has 1 atom stereocenters. The topological polar surface area (TPSA) is 36.9 Å². The van der Waals surface area contributed by atoms with Crippen LogP contribution in [0.1, 0.15) is 29.7 Å². The average molecular weight is 487 g/mol. The molecule has 1 heterocycles. The molecule has 0 radical (unpaired) electrons. The first-order chi connectivity index (χ1) is 12.1. The molecule has 1 aromatic heterocycles. The summed E-state index contributed by atoms with van der Waals surface area (Å²) >= 11 is 1.81. The van der Waals surface area contributed by atoms with Gasteiger partial charge in [-0.05, 0) is 47.9 Å². The van der Waals surface area contributed by atoms with E-state index < -0.39 is 0 Å². The molecule has 1 aromatic carbocycles. The SMILES string of the molecule is CN=C(NCCC(C)c1ccc(OC)cc1)N(C)CCc1cccs1.I. The van der Waals surface area contributed by atoms with Gasteiger partial charge in [-0.3, -0.25) is 4.99 Å². The predicted molar refractivity (Wildman–Crippen MR) is 123 cm³/mol. The van der Waals surface area contributed by atoms with Crippen LogP contribution in [0.3, 0.4) is 0 Å². The van der Waals surface area contributed by atoms with Crippen LogP contribution in [0.2, 0.25) is 0 Å². The molecule has 1 unspecified atom stereocenters. The predicted octanol–water partition coefficient (Wildman–Crippen LogP) is 4.62. The normalized spacial score (nSPS) is 12.2. The van der Waals surface area contributed by atoms with Crippen LogP contribution in [0.25, 0.3) is 0 Å². The van der Waals surface area contributed by atoms with Crippen molar-refractivity contribution in [1.29, 1.82) is 0 Å². The van der Waals surface area contributed by atoms with Crippen molar-refractivity contribution in [3.05, 3.63) is 52.2 Å². The summed E-state index contributed by atoms with van der Waals surface area (Å²) in [7, 11) is 5.63. The van der Waals surface area contributed by atoms with E-state index in [-0.39, 0.29) is 24.0 Å². The Morgan fingerprint density at radius 1 is 1.27 bits per heavy atom. The second-order valence-corrected chi connectivity index (χ2v) is 7.22. The molecule has 6 heteroatoms. The molecule has 144 valence electrons. The standard InChI is InChI=1S/C20H29N3OS.HI/c1-16(17-7-9-18(24-4)10-8-17)11-13-22-20(21-2)23(3)14-12-19-6-5-15-25-19;/h5-10,15-16H,11-14H2,1-4H3,(H,21,22);1H. The summed E-state index contributed by atoms with van der Waals surface area (Å²) in [5.74, 6) is 2.35. The van der Waals surface area contributed by atoms with Gasteiger partial charge < -0.3 is 15.0 Å². The lowest BCUT2D eigenvalue weighted by Crippen LogP contribution is -2.40. The van der Waals surface area contributed by atoms with E-state index >= 15 is 0 Å². The largest absolute Gasteiger partial charge is 0.497 e. The van der Waals surface area contributed by atoms with Crippen molar-refractivity contribution in [2.24, 2.45) is 4.99 Å². The third-order valence-corrected chi connectivity index (χ3v) is 5.33. The van der Waals surface area contributed by atoms with E-state index in [1.165, 1.54) is 10.4 Å². The van der Waals surface area contributed by atoms with Gasteiger partial charge in [-0.2, -0.15) is 0 Å². The maximum absolute atomic E-state index is 5.22. The number of likely N-dealkylation sites (N-methyl/N-ethyl adjacent to an activating group) is 1. The van der Waals surface area contributed by atoms with Gasteiger partial charge in [0.1, 0.15) is 5.75 Å². The highest BCUT2D eigenvalue weighted by Gasteiger charge is 2.09. The first kappa shape index (κ1) is 22.8. The van der Waals surface area contributed by atoms with Crippen LogP contribution in [0, 0.1) is 0 Å². The number of halogens is 1. The molecule has 26 heavy (non-hydrogen) atoms. The molecule has 0 aliphatic carbocycles. The van der Waals surface area contributed by atoms with Gasteiger partial charge in [-0.25, -0.2) is 0 Å². The molecule has 0 fully saturated rings. The van der Waals surface area contributed by atoms with Gasteiger partial charge in [0.25, 0.3) is 0 Å². The molecule has 0 aliphatic heterocycles. The maximum atomic E-state index is 5.22. The van der Waals surface area contributed by atoms with Crippen molar-refractivity contribution in [2.75, 3.05) is 34.3 Å². The third kappa shape index (κ3) is 7.15. The molecule has 0 bridgehead atoms. The van der Waals surface area contributed by atoms with Crippen LogP contribution in [-0.2, 0) is 6.42 Å². The summed E-state index contributed by atoms with van der Waals surface area (Å²) in [6, 6.07) is 12.6. The number of guanidine groups is 1. The number of rotatable bonds is 8. The minimum atomic E-state index is 0. The summed E-state index contributed by atoms with van der Waals surface area (Å²) in [5, 5.41) is 5.61. The molecule has 2 aromatic rings. The van der Waals surface area contributed by atoms with Crippen LogP contribution in [-0.4, -0.2) is 45.2 Å². The molecule has 1 N–H and O–H groups in total. The Hall–Kier alpha value is -1.28. The van der Waals surface area contributed by atoms with Crippen LogP contribution in [0.5, 0.6) is 5.75 Å². The van der Waals surface area contributed by atoms with Gasteiger partial charge >= 0.3 is 0 Å². The van der Waals surface area contributed by atoms with Gasteiger partial charge in [0.05, 0.1) is 7.11 Å².